The molecular formula is C18H18N4O5. The van der Waals surface area contributed by atoms with E-state index in [1.807, 2.05) is 24.3 Å². The highest BCUT2D eigenvalue weighted by molar-refractivity contribution is 5.80. The van der Waals surface area contributed by atoms with Crippen LogP contribution >= 0.6 is 0 Å². The molecule has 1 heterocycles. The van der Waals surface area contributed by atoms with Crippen LogP contribution in [-0.2, 0) is 17.8 Å². The van der Waals surface area contributed by atoms with Gasteiger partial charge in [-0.15, -0.1) is 0 Å². The van der Waals surface area contributed by atoms with Crippen LogP contribution in [0.25, 0.3) is 11.0 Å². The van der Waals surface area contributed by atoms with E-state index in [9.17, 15) is 20.0 Å². The van der Waals surface area contributed by atoms with Crippen LogP contribution in [0.15, 0.2) is 48.5 Å². The SMILES string of the molecule is NC(=O)Cc1nc2ccccc2n1C[C@@H](O)COc1cccc([N+](=O)[O-])c1. The first-order valence-electron chi connectivity index (χ1n) is 8.22. The lowest BCUT2D eigenvalue weighted by molar-refractivity contribution is -0.384. The van der Waals surface area contributed by atoms with E-state index >= 15 is 0 Å². The minimum absolute atomic E-state index is 0.0485. The molecule has 3 N–H and O–H groups in total. The summed E-state index contributed by atoms with van der Waals surface area (Å²) >= 11 is 0. The Labute approximate surface area is 154 Å². The predicted octanol–water partition coefficient (Wildman–Crippen LogP) is 1.41. The van der Waals surface area contributed by atoms with Gasteiger partial charge in [0.15, 0.2) is 0 Å². The van der Waals surface area contributed by atoms with Crippen molar-refractivity contribution < 1.29 is 19.6 Å². The number of nitro benzene ring substituents is 1. The van der Waals surface area contributed by atoms with E-state index in [1.54, 1.807) is 10.6 Å². The number of carbonyl (C=O) groups is 1. The van der Waals surface area contributed by atoms with Crippen LogP contribution in [0, 0.1) is 10.1 Å². The zero-order valence-corrected chi connectivity index (χ0v) is 14.3. The minimum atomic E-state index is -0.923. The number of nitro groups is 1. The number of nitrogens with zero attached hydrogens (tertiary/aromatic N) is 3. The maximum absolute atomic E-state index is 11.3. The van der Waals surface area contributed by atoms with Gasteiger partial charge in [0.2, 0.25) is 5.91 Å². The summed E-state index contributed by atoms with van der Waals surface area (Å²) in [6.07, 6.45) is -0.971. The summed E-state index contributed by atoms with van der Waals surface area (Å²) in [7, 11) is 0. The summed E-state index contributed by atoms with van der Waals surface area (Å²) in [4.78, 5) is 26.0. The molecule has 27 heavy (non-hydrogen) atoms. The Balaban J connectivity index is 1.74. The normalized spacial score (nSPS) is 12.0. The summed E-state index contributed by atoms with van der Waals surface area (Å²) in [5.41, 5.74) is 6.66. The van der Waals surface area contributed by atoms with E-state index in [1.165, 1.54) is 18.2 Å². The number of aliphatic hydroxyl groups excluding tert-OH is 1. The highest BCUT2D eigenvalue weighted by atomic mass is 16.6. The Morgan fingerprint density at radius 3 is 2.81 bits per heavy atom. The Bertz CT molecular complexity index is 985. The van der Waals surface area contributed by atoms with E-state index in [2.05, 4.69) is 4.98 Å². The van der Waals surface area contributed by atoms with Crippen molar-refractivity contribution >= 4 is 22.6 Å². The van der Waals surface area contributed by atoms with Gasteiger partial charge in [-0.25, -0.2) is 4.98 Å². The molecule has 0 fully saturated rings. The largest absolute Gasteiger partial charge is 0.491 e. The van der Waals surface area contributed by atoms with E-state index in [-0.39, 0.29) is 31.0 Å². The molecule has 0 spiro atoms. The zero-order chi connectivity index (χ0) is 19.4. The fourth-order valence-corrected chi connectivity index (χ4v) is 2.76. The molecule has 2 aromatic carbocycles. The second-order valence-electron chi connectivity index (χ2n) is 5.99. The number of rotatable bonds is 8. The smallest absolute Gasteiger partial charge is 0.273 e. The lowest BCUT2D eigenvalue weighted by Crippen LogP contribution is -2.26. The number of non-ortho nitro benzene ring substituents is 1. The number of aliphatic hydroxyl groups is 1. The first-order valence-corrected chi connectivity index (χ1v) is 8.22. The molecule has 3 rings (SSSR count). The van der Waals surface area contributed by atoms with Gasteiger partial charge in [-0.1, -0.05) is 18.2 Å². The molecule has 140 valence electrons. The first kappa shape index (κ1) is 18.3. The molecule has 0 aliphatic heterocycles. The predicted molar refractivity (Wildman–Crippen MR) is 97.2 cm³/mol. The van der Waals surface area contributed by atoms with Gasteiger partial charge in [-0.05, 0) is 18.2 Å². The van der Waals surface area contributed by atoms with Crippen molar-refractivity contribution in [3.05, 3.63) is 64.5 Å². The van der Waals surface area contributed by atoms with Crippen LogP contribution in [0.1, 0.15) is 5.82 Å². The lowest BCUT2D eigenvalue weighted by Gasteiger charge is -2.15. The van der Waals surface area contributed by atoms with Crippen LogP contribution in [0.4, 0.5) is 5.69 Å². The molecule has 0 bridgehead atoms. The number of primary amides is 1. The van der Waals surface area contributed by atoms with Crippen molar-refractivity contribution in [2.45, 2.75) is 19.1 Å². The van der Waals surface area contributed by atoms with Crippen molar-refractivity contribution in [3.63, 3.8) is 0 Å². The topological polar surface area (TPSA) is 134 Å². The molecule has 1 aromatic heterocycles. The number of fused-ring (bicyclic) bond motifs is 1. The second kappa shape index (κ2) is 7.83. The lowest BCUT2D eigenvalue weighted by atomic mass is 10.3. The van der Waals surface area contributed by atoms with Crippen LogP contribution in [0.3, 0.4) is 0 Å². The van der Waals surface area contributed by atoms with Gasteiger partial charge in [0.05, 0.1) is 35.0 Å². The molecule has 1 atom stereocenters. The van der Waals surface area contributed by atoms with Gasteiger partial charge in [0.25, 0.3) is 5.69 Å². The summed E-state index contributed by atoms with van der Waals surface area (Å²) in [5.74, 6) is 0.225. The maximum atomic E-state index is 11.3. The standard InChI is InChI=1S/C18H18N4O5/c19-17(24)9-18-20-15-6-1-2-7-16(15)21(18)10-13(23)11-27-14-5-3-4-12(8-14)22(25)26/h1-8,13,23H,9-11H2,(H2,19,24)/t13-/m1/s1. The number of hydrogen-bond donors (Lipinski definition) is 2. The van der Waals surface area contributed by atoms with Gasteiger partial charge >= 0.3 is 0 Å². The van der Waals surface area contributed by atoms with E-state index in [0.29, 0.717) is 11.3 Å². The average molecular weight is 370 g/mol. The first-order chi connectivity index (χ1) is 12.9. The fourth-order valence-electron chi connectivity index (χ4n) is 2.76. The van der Waals surface area contributed by atoms with Crippen molar-refractivity contribution in [1.82, 2.24) is 9.55 Å². The summed E-state index contributed by atoms with van der Waals surface area (Å²) in [6, 6.07) is 13.0. The van der Waals surface area contributed by atoms with Gasteiger partial charge in [0.1, 0.15) is 24.3 Å². The number of carbonyl (C=O) groups excluding carboxylic acids is 1. The summed E-state index contributed by atoms with van der Waals surface area (Å²) in [6.45, 7) is 0.0573. The molecule has 0 aliphatic rings. The molecule has 1 amide bonds. The quantitative estimate of drug-likeness (QED) is 0.455. The van der Waals surface area contributed by atoms with Crippen LogP contribution in [-0.4, -0.2) is 38.2 Å². The Morgan fingerprint density at radius 2 is 2.07 bits per heavy atom. The molecule has 0 unspecified atom stereocenters. The number of benzene rings is 2. The Kier molecular flexibility index (Phi) is 5.32. The number of amides is 1. The van der Waals surface area contributed by atoms with Crippen molar-refractivity contribution in [3.8, 4) is 5.75 Å². The number of para-hydroxylation sites is 2. The third-order valence-electron chi connectivity index (χ3n) is 3.93. The Morgan fingerprint density at radius 1 is 1.30 bits per heavy atom. The Hall–Kier alpha value is -3.46. The van der Waals surface area contributed by atoms with Crippen LogP contribution in [0.5, 0.6) is 5.75 Å². The second-order valence-corrected chi connectivity index (χ2v) is 5.99. The van der Waals surface area contributed by atoms with Gasteiger partial charge in [0, 0.05) is 6.07 Å². The van der Waals surface area contributed by atoms with Crippen molar-refractivity contribution in [2.75, 3.05) is 6.61 Å². The molecule has 3 aromatic rings. The van der Waals surface area contributed by atoms with Crippen LogP contribution < -0.4 is 10.5 Å². The van der Waals surface area contributed by atoms with Crippen LogP contribution in [0.2, 0.25) is 0 Å². The summed E-state index contributed by atoms with van der Waals surface area (Å²) in [5, 5.41) is 21.2. The van der Waals surface area contributed by atoms with Gasteiger partial charge < -0.3 is 20.1 Å². The molecule has 0 radical (unpaired) electrons. The van der Waals surface area contributed by atoms with Gasteiger partial charge in [-0.3, -0.25) is 14.9 Å². The zero-order valence-electron chi connectivity index (χ0n) is 14.3. The van der Waals surface area contributed by atoms with Crippen molar-refractivity contribution in [2.24, 2.45) is 5.73 Å². The molecule has 0 saturated heterocycles. The average Bonchev–Trinajstić information content (AvgIpc) is 2.97. The van der Waals surface area contributed by atoms with E-state index < -0.39 is 16.9 Å². The number of aromatic nitrogens is 2. The molecule has 9 heteroatoms. The minimum Gasteiger partial charge on any atom is -0.491 e. The molecule has 0 aliphatic carbocycles. The number of ether oxygens (including phenoxy) is 1. The number of hydrogen-bond acceptors (Lipinski definition) is 6. The van der Waals surface area contributed by atoms with E-state index in [4.69, 9.17) is 10.5 Å². The molecular weight excluding hydrogens is 352 g/mol. The highest BCUT2D eigenvalue weighted by Crippen LogP contribution is 2.20. The fraction of sp³-hybridized carbons (Fsp3) is 0.222. The monoisotopic (exact) mass is 370 g/mol. The number of imidazole rings is 1. The van der Waals surface area contributed by atoms with E-state index in [0.717, 1.165) is 5.52 Å². The van der Waals surface area contributed by atoms with Gasteiger partial charge in [-0.2, -0.15) is 0 Å². The third kappa shape index (κ3) is 4.39. The molecule has 9 nitrogen and oxygen atoms in total. The van der Waals surface area contributed by atoms with Crippen molar-refractivity contribution in [1.29, 1.82) is 0 Å². The molecule has 0 saturated carbocycles. The third-order valence-corrected chi connectivity index (χ3v) is 3.93. The maximum Gasteiger partial charge on any atom is 0.273 e. The summed E-state index contributed by atoms with van der Waals surface area (Å²) < 4.78 is 7.18. The number of nitrogens with two attached hydrogens (primary N) is 1. The highest BCUT2D eigenvalue weighted by Gasteiger charge is 2.16.